The third-order valence-electron chi connectivity index (χ3n) is 3.39. The molecule has 2 rings (SSSR count). The van der Waals surface area contributed by atoms with E-state index in [4.69, 9.17) is 14.9 Å². The first-order chi connectivity index (χ1) is 13.0. The number of carbonyl (C=O) groups is 3. The molecule has 2 aromatic rings. The lowest BCUT2D eigenvalue weighted by Gasteiger charge is -2.05. The van der Waals surface area contributed by atoms with E-state index in [1.54, 1.807) is 0 Å². The molecule has 0 spiro atoms. The van der Waals surface area contributed by atoms with Crippen molar-refractivity contribution in [2.24, 2.45) is 0 Å². The lowest BCUT2D eigenvalue weighted by Crippen LogP contribution is -2.24. The number of benzene rings is 2. The number of hydrogen-bond acceptors (Lipinski definition) is 4. The van der Waals surface area contributed by atoms with Crippen LogP contribution in [0.1, 0.15) is 38.3 Å². The average molecular weight is 367 g/mol. The van der Waals surface area contributed by atoms with Crippen molar-refractivity contribution in [2.45, 2.75) is 13.0 Å². The number of aromatic carboxylic acids is 2. The zero-order valence-corrected chi connectivity index (χ0v) is 14.3. The molecule has 7 heteroatoms. The molecule has 0 aliphatic rings. The van der Waals surface area contributed by atoms with Crippen molar-refractivity contribution < 1.29 is 29.3 Å². The quantitative estimate of drug-likeness (QED) is 0.534. The summed E-state index contributed by atoms with van der Waals surface area (Å²) in [5, 5.41) is 20.6. The van der Waals surface area contributed by atoms with Crippen molar-refractivity contribution in [3.8, 4) is 11.8 Å². The number of hydrogen-bond donors (Lipinski definition) is 3. The maximum Gasteiger partial charge on any atom is 0.407 e. The average Bonchev–Trinajstić information content (AvgIpc) is 2.66. The van der Waals surface area contributed by atoms with Gasteiger partial charge in [0.25, 0.3) is 0 Å². The summed E-state index contributed by atoms with van der Waals surface area (Å²) in [7, 11) is 0. The largest absolute Gasteiger partial charge is 0.478 e. The van der Waals surface area contributed by atoms with Crippen molar-refractivity contribution in [1.82, 2.24) is 5.32 Å². The SMILES string of the molecule is O=C(NCCC#Cc1cc(C(=O)O)cc(C(=O)O)c1)OCc1ccccc1. The normalized spacial score (nSPS) is 9.63. The predicted molar refractivity (Wildman–Crippen MR) is 96.5 cm³/mol. The summed E-state index contributed by atoms with van der Waals surface area (Å²) >= 11 is 0. The second-order valence-corrected chi connectivity index (χ2v) is 5.45. The van der Waals surface area contributed by atoms with Crippen molar-refractivity contribution >= 4 is 18.0 Å². The zero-order valence-electron chi connectivity index (χ0n) is 14.3. The molecule has 27 heavy (non-hydrogen) atoms. The fraction of sp³-hybridized carbons (Fsp3) is 0.150. The minimum Gasteiger partial charge on any atom is -0.478 e. The number of rotatable bonds is 6. The lowest BCUT2D eigenvalue weighted by molar-refractivity contribution is 0.0696. The van der Waals surface area contributed by atoms with Crippen LogP contribution in [-0.2, 0) is 11.3 Å². The minimum atomic E-state index is -1.23. The van der Waals surface area contributed by atoms with Gasteiger partial charge in [-0.3, -0.25) is 0 Å². The number of carboxylic acids is 2. The van der Waals surface area contributed by atoms with E-state index in [2.05, 4.69) is 17.2 Å². The van der Waals surface area contributed by atoms with Gasteiger partial charge in [0.1, 0.15) is 6.61 Å². The molecular formula is C20H17NO6. The van der Waals surface area contributed by atoms with Gasteiger partial charge in [0.2, 0.25) is 0 Å². The monoisotopic (exact) mass is 367 g/mol. The Bertz CT molecular complexity index is 863. The molecule has 0 unspecified atom stereocenters. The fourth-order valence-electron chi connectivity index (χ4n) is 2.11. The van der Waals surface area contributed by atoms with Crippen LogP contribution in [0.4, 0.5) is 4.79 Å². The summed E-state index contributed by atoms with van der Waals surface area (Å²) < 4.78 is 5.05. The van der Waals surface area contributed by atoms with E-state index in [9.17, 15) is 14.4 Å². The molecule has 138 valence electrons. The van der Waals surface area contributed by atoms with E-state index in [0.29, 0.717) is 6.42 Å². The van der Waals surface area contributed by atoms with E-state index < -0.39 is 18.0 Å². The Balaban J connectivity index is 1.83. The number of nitrogens with one attached hydrogen (secondary N) is 1. The molecule has 0 atom stereocenters. The molecule has 0 bridgehead atoms. The van der Waals surface area contributed by atoms with Gasteiger partial charge in [-0.2, -0.15) is 0 Å². The molecule has 0 aliphatic carbocycles. The van der Waals surface area contributed by atoms with Crippen LogP contribution >= 0.6 is 0 Å². The first-order valence-corrected chi connectivity index (χ1v) is 8.01. The van der Waals surface area contributed by atoms with Crippen LogP contribution in [-0.4, -0.2) is 34.8 Å². The number of alkyl carbamates (subject to hydrolysis) is 1. The lowest BCUT2D eigenvalue weighted by atomic mass is 10.1. The molecule has 7 nitrogen and oxygen atoms in total. The summed E-state index contributed by atoms with van der Waals surface area (Å²) in [5.41, 5.74) is 0.850. The van der Waals surface area contributed by atoms with Gasteiger partial charge in [0.15, 0.2) is 0 Å². The van der Waals surface area contributed by atoms with Gasteiger partial charge in [-0.25, -0.2) is 14.4 Å². The molecule has 0 radical (unpaired) electrons. The molecule has 0 saturated heterocycles. The molecule has 0 saturated carbocycles. The fourth-order valence-corrected chi connectivity index (χ4v) is 2.11. The van der Waals surface area contributed by atoms with Crippen molar-refractivity contribution in [2.75, 3.05) is 6.54 Å². The van der Waals surface area contributed by atoms with Crippen molar-refractivity contribution in [3.63, 3.8) is 0 Å². The first kappa shape index (κ1) is 19.5. The summed E-state index contributed by atoms with van der Waals surface area (Å²) in [6.07, 6.45) is -0.276. The Morgan fingerprint density at radius 1 is 0.963 bits per heavy atom. The van der Waals surface area contributed by atoms with Gasteiger partial charge >= 0.3 is 18.0 Å². The van der Waals surface area contributed by atoms with Gasteiger partial charge in [-0.15, -0.1) is 0 Å². The van der Waals surface area contributed by atoms with Gasteiger partial charge in [0, 0.05) is 18.5 Å². The molecule has 0 aromatic heterocycles. The number of carboxylic acid groups (broad SMARTS) is 2. The number of ether oxygens (including phenoxy) is 1. The third kappa shape index (κ3) is 6.55. The van der Waals surface area contributed by atoms with Crippen LogP contribution in [0, 0.1) is 11.8 Å². The van der Waals surface area contributed by atoms with Crippen molar-refractivity contribution in [3.05, 3.63) is 70.8 Å². The van der Waals surface area contributed by atoms with Gasteiger partial charge in [-0.1, -0.05) is 42.2 Å². The molecule has 1 amide bonds. The molecule has 0 fully saturated rings. The number of amides is 1. The molecular weight excluding hydrogens is 350 g/mol. The number of carbonyl (C=O) groups excluding carboxylic acids is 1. The highest BCUT2D eigenvalue weighted by molar-refractivity contribution is 5.94. The Morgan fingerprint density at radius 2 is 1.59 bits per heavy atom. The molecule has 2 aromatic carbocycles. The van der Waals surface area contributed by atoms with Crippen LogP contribution in [0.2, 0.25) is 0 Å². The van der Waals surface area contributed by atoms with E-state index >= 15 is 0 Å². The summed E-state index contributed by atoms with van der Waals surface area (Å²) in [4.78, 5) is 33.7. The highest BCUT2D eigenvalue weighted by Gasteiger charge is 2.10. The van der Waals surface area contributed by atoms with Crippen LogP contribution in [0.25, 0.3) is 0 Å². The second-order valence-electron chi connectivity index (χ2n) is 5.45. The smallest absolute Gasteiger partial charge is 0.407 e. The Morgan fingerprint density at radius 3 is 2.19 bits per heavy atom. The summed E-state index contributed by atoms with van der Waals surface area (Å²) in [6.45, 7) is 0.406. The molecule has 0 heterocycles. The first-order valence-electron chi connectivity index (χ1n) is 8.01. The van der Waals surface area contributed by atoms with Crippen LogP contribution < -0.4 is 5.32 Å². The van der Waals surface area contributed by atoms with E-state index in [1.165, 1.54) is 12.1 Å². The second kappa shape index (κ2) is 9.63. The highest BCUT2D eigenvalue weighted by atomic mass is 16.5. The zero-order chi connectivity index (χ0) is 19.6. The van der Waals surface area contributed by atoms with Crippen molar-refractivity contribution in [1.29, 1.82) is 0 Å². The maximum absolute atomic E-state index is 11.6. The minimum absolute atomic E-state index is 0.151. The van der Waals surface area contributed by atoms with Gasteiger partial charge in [0.05, 0.1) is 11.1 Å². The third-order valence-corrected chi connectivity index (χ3v) is 3.39. The maximum atomic E-state index is 11.6. The Hall–Kier alpha value is -3.79. The van der Waals surface area contributed by atoms with Crippen LogP contribution in [0.3, 0.4) is 0 Å². The summed E-state index contributed by atoms with van der Waals surface area (Å²) in [6, 6.07) is 12.9. The highest BCUT2D eigenvalue weighted by Crippen LogP contribution is 2.10. The standard InChI is InChI=1S/C20H17NO6/c22-18(23)16-10-15(11-17(12-16)19(24)25)8-4-5-9-21-20(26)27-13-14-6-2-1-3-7-14/h1-3,6-7,10-12H,5,9,13H2,(H,21,26)(H,22,23)(H,24,25). The Kier molecular flexibility index (Phi) is 6.97. The van der Waals surface area contributed by atoms with E-state index in [-0.39, 0.29) is 29.8 Å². The topological polar surface area (TPSA) is 113 Å². The van der Waals surface area contributed by atoms with Gasteiger partial charge < -0.3 is 20.3 Å². The molecule has 0 aliphatic heterocycles. The van der Waals surface area contributed by atoms with E-state index in [1.807, 2.05) is 30.3 Å². The summed E-state index contributed by atoms with van der Waals surface area (Å²) in [5.74, 6) is 2.99. The van der Waals surface area contributed by atoms with Crippen LogP contribution in [0.15, 0.2) is 48.5 Å². The van der Waals surface area contributed by atoms with E-state index in [0.717, 1.165) is 11.6 Å². The Labute approximate surface area is 155 Å². The van der Waals surface area contributed by atoms with Gasteiger partial charge in [-0.05, 0) is 23.8 Å². The molecule has 3 N–H and O–H groups in total. The predicted octanol–water partition coefficient (Wildman–Crippen LogP) is 2.75. The van der Waals surface area contributed by atoms with Crippen LogP contribution in [0.5, 0.6) is 0 Å².